The average molecular weight is 191 g/mol. The predicted molar refractivity (Wildman–Crippen MR) is 58.8 cm³/mol. The van der Waals surface area contributed by atoms with Gasteiger partial charge in [-0.05, 0) is 37.5 Å². The second-order valence-corrected chi connectivity index (χ2v) is 4.11. The summed E-state index contributed by atoms with van der Waals surface area (Å²) in [7, 11) is 0. The van der Waals surface area contributed by atoms with E-state index in [2.05, 4.69) is 36.9 Å². The summed E-state index contributed by atoms with van der Waals surface area (Å²) in [5.74, 6) is 0. The first-order valence-corrected chi connectivity index (χ1v) is 5.17. The van der Waals surface area contributed by atoms with Crippen molar-refractivity contribution in [1.29, 1.82) is 0 Å². The molecule has 2 rings (SSSR count). The highest BCUT2D eigenvalue weighted by molar-refractivity contribution is 5.56. The van der Waals surface area contributed by atoms with Crippen molar-refractivity contribution in [3.05, 3.63) is 29.3 Å². The molecule has 1 aromatic rings. The Morgan fingerprint density at radius 2 is 2.14 bits per heavy atom. The molecule has 1 aromatic carbocycles. The Labute approximate surface area is 85.2 Å². The normalized spacial score (nSPS) is 21.6. The molecule has 0 aromatic heterocycles. The number of benzene rings is 1. The van der Waals surface area contributed by atoms with Gasteiger partial charge in [-0.25, -0.2) is 0 Å². The van der Waals surface area contributed by atoms with Crippen LogP contribution in [-0.2, 0) is 0 Å². The minimum Gasteiger partial charge on any atom is -0.391 e. The van der Waals surface area contributed by atoms with E-state index in [1.807, 2.05) is 0 Å². The number of aryl methyl sites for hydroxylation is 1. The van der Waals surface area contributed by atoms with Crippen molar-refractivity contribution in [2.45, 2.75) is 26.4 Å². The highest BCUT2D eigenvalue weighted by Crippen LogP contribution is 2.25. The van der Waals surface area contributed by atoms with Crippen molar-refractivity contribution in [1.82, 2.24) is 0 Å². The van der Waals surface area contributed by atoms with Gasteiger partial charge in [0.2, 0.25) is 0 Å². The number of aliphatic hydroxyl groups excluding tert-OH is 1. The van der Waals surface area contributed by atoms with Crippen LogP contribution in [0.5, 0.6) is 0 Å². The molecule has 0 saturated carbocycles. The van der Waals surface area contributed by atoms with Crippen molar-refractivity contribution in [2.24, 2.45) is 0 Å². The van der Waals surface area contributed by atoms with E-state index in [9.17, 15) is 5.11 Å². The Balaban J connectivity index is 2.28. The molecule has 0 aliphatic carbocycles. The third-order valence-electron chi connectivity index (χ3n) is 3.08. The summed E-state index contributed by atoms with van der Waals surface area (Å²) >= 11 is 0. The number of hydrogen-bond acceptors (Lipinski definition) is 2. The first-order valence-electron chi connectivity index (χ1n) is 5.17. The van der Waals surface area contributed by atoms with Crippen molar-refractivity contribution in [3.8, 4) is 0 Å². The van der Waals surface area contributed by atoms with Crippen LogP contribution in [0.1, 0.15) is 17.5 Å². The Kier molecular flexibility index (Phi) is 2.46. The Bertz CT molecular complexity index is 335. The summed E-state index contributed by atoms with van der Waals surface area (Å²) in [5.41, 5.74) is 3.94. The quantitative estimate of drug-likeness (QED) is 0.732. The van der Waals surface area contributed by atoms with E-state index < -0.39 is 0 Å². The summed E-state index contributed by atoms with van der Waals surface area (Å²) in [6.07, 6.45) is 0.753. The van der Waals surface area contributed by atoms with Gasteiger partial charge >= 0.3 is 0 Å². The second-order valence-electron chi connectivity index (χ2n) is 4.11. The fourth-order valence-electron chi connectivity index (χ4n) is 2.04. The Hall–Kier alpha value is -1.02. The Morgan fingerprint density at radius 1 is 1.36 bits per heavy atom. The number of rotatable bonds is 1. The molecule has 1 aliphatic heterocycles. The van der Waals surface area contributed by atoms with E-state index >= 15 is 0 Å². The van der Waals surface area contributed by atoms with Gasteiger partial charge in [-0.1, -0.05) is 12.1 Å². The largest absolute Gasteiger partial charge is 0.391 e. The number of aliphatic hydroxyl groups is 1. The van der Waals surface area contributed by atoms with Crippen LogP contribution in [0.25, 0.3) is 0 Å². The lowest BCUT2D eigenvalue weighted by Gasteiger charge is -2.21. The standard InChI is InChI=1S/C12H17NO/c1-9-4-3-5-12(10(9)2)13-7-6-11(14)8-13/h3-5,11,14H,6-8H2,1-2H3/t11-/m1/s1. The molecule has 76 valence electrons. The lowest BCUT2D eigenvalue weighted by molar-refractivity contribution is 0.198. The molecule has 1 saturated heterocycles. The summed E-state index contributed by atoms with van der Waals surface area (Å²) in [6, 6.07) is 6.36. The van der Waals surface area contributed by atoms with Crippen LogP contribution in [0, 0.1) is 13.8 Å². The zero-order valence-corrected chi connectivity index (χ0v) is 8.83. The van der Waals surface area contributed by atoms with E-state index in [-0.39, 0.29) is 6.10 Å². The van der Waals surface area contributed by atoms with Gasteiger partial charge < -0.3 is 10.0 Å². The second kappa shape index (κ2) is 3.62. The van der Waals surface area contributed by atoms with E-state index in [4.69, 9.17) is 0 Å². The first kappa shape index (κ1) is 9.53. The molecule has 1 fully saturated rings. The molecule has 1 heterocycles. The van der Waals surface area contributed by atoms with Gasteiger partial charge in [0, 0.05) is 18.8 Å². The fraction of sp³-hybridized carbons (Fsp3) is 0.500. The molecule has 0 bridgehead atoms. The van der Waals surface area contributed by atoms with Gasteiger partial charge in [-0.15, -0.1) is 0 Å². The van der Waals surface area contributed by atoms with Crippen molar-refractivity contribution in [3.63, 3.8) is 0 Å². The summed E-state index contributed by atoms with van der Waals surface area (Å²) in [5, 5.41) is 9.48. The third-order valence-corrected chi connectivity index (χ3v) is 3.08. The van der Waals surface area contributed by atoms with E-state index in [0.29, 0.717) is 0 Å². The monoisotopic (exact) mass is 191 g/mol. The third kappa shape index (κ3) is 1.62. The summed E-state index contributed by atoms with van der Waals surface area (Å²) in [6.45, 7) is 6.04. The molecule has 0 unspecified atom stereocenters. The molecule has 0 amide bonds. The van der Waals surface area contributed by atoms with Gasteiger partial charge in [0.05, 0.1) is 6.10 Å². The lowest BCUT2D eigenvalue weighted by Crippen LogP contribution is -2.22. The highest BCUT2D eigenvalue weighted by atomic mass is 16.3. The van der Waals surface area contributed by atoms with Crippen molar-refractivity contribution < 1.29 is 5.11 Å². The molecule has 1 atom stereocenters. The van der Waals surface area contributed by atoms with Crippen LogP contribution in [0.4, 0.5) is 5.69 Å². The van der Waals surface area contributed by atoms with Crippen molar-refractivity contribution >= 4 is 5.69 Å². The maximum atomic E-state index is 9.48. The number of anilines is 1. The van der Waals surface area contributed by atoms with Gasteiger partial charge in [-0.2, -0.15) is 0 Å². The van der Waals surface area contributed by atoms with Crippen LogP contribution in [0.2, 0.25) is 0 Å². The first-order chi connectivity index (χ1) is 6.68. The van der Waals surface area contributed by atoms with Crippen LogP contribution < -0.4 is 4.90 Å². The van der Waals surface area contributed by atoms with E-state index in [1.165, 1.54) is 16.8 Å². The maximum absolute atomic E-state index is 9.48. The summed E-state index contributed by atoms with van der Waals surface area (Å²) in [4.78, 5) is 2.27. The van der Waals surface area contributed by atoms with E-state index in [1.54, 1.807) is 0 Å². The molecule has 2 heteroatoms. The SMILES string of the molecule is Cc1cccc(N2CC[C@@H](O)C2)c1C. The topological polar surface area (TPSA) is 23.5 Å². The van der Waals surface area contributed by atoms with E-state index in [0.717, 1.165) is 19.5 Å². The van der Waals surface area contributed by atoms with Gasteiger partial charge in [0.1, 0.15) is 0 Å². The number of nitrogens with zero attached hydrogens (tertiary/aromatic N) is 1. The average Bonchev–Trinajstić information content (AvgIpc) is 2.57. The predicted octanol–water partition coefficient (Wildman–Crippen LogP) is 1.87. The minimum absolute atomic E-state index is 0.144. The van der Waals surface area contributed by atoms with Crippen LogP contribution in [-0.4, -0.2) is 24.3 Å². The highest BCUT2D eigenvalue weighted by Gasteiger charge is 2.21. The fourth-order valence-corrected chi connectivity index (χ4v) is 2.04. The Morgan fingerprint density at radius 3 is 2.79 bits per heavy atom. The van der Waals surface area contributed by atoms with Crippen LogP contribution >= 0.6 is 0 Å². The zero-order chi connectivity index (χ0) is 10.1. The molecular weight excluding hydrogens is 174 g/mol. The summed E-state index contributed by atoms with van der Waals surface area (Å²) < 4.78 is 0. The maximum Gasteiger partial charge on any atom is 0.0731 e. The van der Waals surface area contributed by atoms with Gasteiger partial charge in [0.15, 0.2) is 0 Å². The van der Waals surface area contributed by atoms with Crippen LogP contribution in [0.15, 0.2) is 18.2 Å². The molecule has 0 spiro atoms. The molecule has 1 aliphatic rings. The molecule has 0 radical (unpaired) electrons. The molecule has 14 heavy (non-hydrogen) atoms. The number of hydrogen-bond donors (Lipinski definition) is 1. The lowest BCUT2D eigenvalue weighted by atomic mass is 10.1. The van der Waals surface area contributed by atoms with Crippen molar-refractivity contribution in [2.75, 3.05) is 18.0 Å². The molecule has 1 N–H and O–H groups in total. The molecular formula is C12H17NO. The zero-order valence-electron chi connectivity index (χ0n) is 8.83. The minimum atomic E-state index is -0.144. The number of β-amino-alcohol motifs (C(OH)–C–C–N with tert-alkyl or cyclic N) is 1. The van der Waals surface area contributed by atoms with Gasteiger partial charge in [-0.3, -0.25) is 0 Å². The van der Waals surface area contributed by atoms with Gasteiger partial charge in [0.25, 0.3) is 0 Å². The smallest absolute Gasteiger partial charge is 0.0731 e. The molecule has 2 nitrogen and oxygen atoms in total. The van der Waals surface area contributed by atoms with Crippen LogP contribution in [0.3, 0.4) is 0 Å².